The number of hydrogen-bond donors (Lipinski definition) is 2. The van der Waals surface area contributed by atoms with Crippen LogP contribution in [0.5, 0.6) is 11.5 Å². The molecular formula is C17H25N3O2. The molecule has 0 amide bonds. The number of guanidine groups is 1. The first-order valence-corrected chi connectivity index (χ1v) is 7.93. The predicted molar refractivity (Wildman–Crippen MR) is 87.7 cm³/mol. The molecule has 1 heterocycles. The third-order valence-electron chi connectivity index (χ3n) is 4.33. The molecule has 1 aromatic rings. The molecule has 5 nitrogen and oxygen atoms in total. The van der Waals surface area contributed by atoms with Gasteiger partial charge in [-0.2, -0.15) is 0 Å². The van der Waals surface area contributed by atoms with E-state index in [0.29, 0.717) is 6.79 Å². The van der Waals surface area contributed by atoms with Crippen LogP contribution in [0.3, 0.4) is 0 Å². The van der Waals surface area contributed by atoms with E-state index in [9.17, 15) is 0 Å². The van der Waals surface area contributed by atoms with E-state index < -0.39 is 0 Å². The standard InChI is InChI=1S/C17H25N3O2/c1-17(2,10-20-16(18-3)19-9-12-4-5-12)13-6-7-14-15(8-13)22-11-21-14/h6-8,12H,4-5,9-11H2,1-3H3,(H2,18,19,20). The third kappa shape index (κ3) is 3.46. The molecule has 1 aromatic carbocycles. The van der Waals surface area contributed by atoms with Crippen LogP contribution >= 0.6 is 0 Å². The van der Waals surface area contributed by atoms with Gasteiger partial charge in [-0.15, -0.1) is 0 Å². The minimum absolute atomic E-state index is 0.0296. The molecule has 0 bridgehead atoms. The monoisotopic (exact) mass is 303 g/mol. The highest BCUT2D eigenvalue weighted by molar-refractivity contribution is 5.79. The normalized spacial score (nSPS) is 17.5. The molecule has 3 rings (SSSR count). The Labute approximate surface area is 132 Å². The molecular weight excluding hydrogens is 278 g/mol. The van der Waals surface area contributed by atoms with E-state index in [1.54, 1.807) is 0 Å². The number of nitrogens with one attached hydrogen (secondary N) is 2. The van der Waals surface area contributed by atoms with Gasteiger partial charge >= 0.3 is 0 Å². The van der Waals surface area contributed by atoms with Crippen molar-refractivity contribution in [1.29, 1.82) is 0 Å². The van der Waals surface area contributed by atoms with E-state index in [1.165, 1.54) is 18.4 Å². The van der Waals surface area contributed by atoms with E-state index in [1.807, 2.05) is 13.1 Å². The molecule has 5 heteroatoms. The van der Waals surface area contributed by atoms with Gasteiger partial charge in [0.1, 0.15) is 0 Å². The Morgan fingerprint density at radius 1 is 1.23 bits per heavy atom. The highest BCUT2D eigenvalue weighted by Gasteiger charge is 2.25. The lowest BCUT2D eigenvalue weighted by Crippen LogP contribution is -2.44. The van der Waals surface area contributed by atoms with Crippen molar-refractivity contribution in [2.45, 2.75) is 32.1 Å². The Morgan fingerprint density at radius 3 is 2.73 bits per heavy atom. The molecule has 1 saturated carbocycles. The number of benzene rings is 1. The summed E-state index contributed by atoms with van der Waals surface area (Å²) in [5, 5.41) is 6.82. The second kappa shape index (κ2) is 6.07. The lowest BCUT2D eigenvalue weighted by molar-refractivity contribution is 0.174. The fourth-order valence-electron chi connectivity index (χ4n) is 2.51. The van der Waals surface area contributed by atoms with E-state index in [4.69, 9.17) is 9.47 Å². The third-order valence-corrected chi connectivity index (χ3v) is 4.33. The fourth-order valence-corrected chi connectivity index (χ4v) is 2.51. The molecule has 0 spiro atoms. The van der Waals surface area contributed by atoms with E-state index in [0.717, 1.165) is 36.5 Å². The minimum Gasteiger partial charge on any atom is -0.454 e. The van der Waals surface area contributed by atoms with Crippen LogP contribution in [-0.4, -0.2) is 32.9 Å². The van der Waals surface area contributed by atoms with E-state index in [-0.39, 0.29) is 5.41 Å². The smallest absolute Gasteiger partial charge is 0.231 e. The summed E-state index contributed by atoms with van der Waals surface area (Å²) in [6, 6.07) is 6.17. The molecule has 2 N–H and O–H groups in total. The highest BCUT2D eigenvalue weighted by Crippen LogP contribution is 2.36. The maximum Gasteiger partial charge on any atom is 0.231 e. The van der Waals surface area contributed by atoms with E-state index in [2.05, 4.69) is 41.6 Å². The second-order valence-corrected chi connectivity index (χ2v) is 6.70. The van der Waals surface area contributed by atoms with E-state index >= 15 is 0 Å². The first kappa shape index (κ1) is 15.0. The highest BCUT2D eigenvalue weighted by atomic mass is 16.7. The van der Waals surface area contributed by atoms with Gasteiger partial charge in [0.05, 0.1) is 0 Å². The SMILES string of the molecule is CN=C(NCC1CC1)NCC(C)(C)c1ccc2c(c1)OCO2. The number of hydrogen-bond acceptors (Lipinski definition) is 3. The van der Waals surface area contributed by atoms with Crippen molar-refractivity contribution in [2.24, 2.45) is 10.9 Å². The van der Waals surface area contributed by atoms with Crippen LogP contribution in [-0.2, 0) is 5.41 Å². The van der Waals surface area contributed by atoms with Crippen LogP contribution in [0.4, 0.5) is 0 Å². The fraction of sp³-hybridized carbons (Fsp3) is 0.588. The molecule has 0 unspecified atom stereocenters. The van der Waals surface area contributed by atoms with Gasteiger partial charge in [0.15, 0.2) is 17.5 Å². The lowest BCUT2D eigenvalue weighted by Gasteiger charge is -2.27. The van der Waals surface area contributed by atoms with Gasteiger partial charge in [-0.25, -0.2) is 0 Å². The van der Waals surface area contributed by atoms with Crippen LogP contribution in [0.15, 0.2) is 23.2 Å². The first-order valence-electron chi connectivity index (χ1n) is 7.93. The summed E-state index contributed by atoms with van der Waals surface area (Å²) in [5.41, 5.74) is 1.19. The molecule has 22 heavy (non-hydrogen) atoms. The number of fused-ring (bicyclic) bond motifs is 1. The summed E-state index contributed by atoms with van der Waals surface area (Å²) in [6.07, 6.45) is 2.68. The van der Waals surface area contributed by atoms with Gasteiger partial charge in [0, 0.05) is 25.6 Å². The van der Waals surface area contributed by atoms with Gasteiger partial charge in [-0.3, -0.25) is 4.99 Å². The largest absolute Gasteiger partial charge is 0.454 e. The van der Waals surface area contributed by atoms with Crippen LogP contribution < -0.4 is 20.1 Å². The Balaban J connectivity index is 1.59. The maximum atomic E-state index is 5.47. The van der Waals surface area contributed by atoms with Crippen molar-refractivity contribution in [2.75, 3.05) is 26.9 Å². The van der Waals surface area contributed by atoms with Crippen LogP contribution in [0.1, 0.15) is 32.3 Å². The van der Waals surface area contributed by atoms with Gasteiger partial charge < -0.3 is 20.1 Å². The number of rotatable bonds is 5. The molecule has 0 aromatic heterocycles. The topological polar surface area (TPSA) is 54.9 Å². The summed E-state index contributed by atoms with van der Waals surface area (Å²) in [4.78, 5) is 4.29. The predicted octanol–water partition coefficient (Wildman–Crippen LogP) is 2.27. The summed E-state index contributed by atoms with van der Waals surface area (Å²) in [6.45, 7) is 6.56. The molecule has 0 saturated heterocycles. The quantitative estimate of drug-likeness (QED) is 0.647. The summed E-state index contributed by atoms with van der Waals surface area (Å²) >= 11 is 0. The van der Waals surface area contributed by atoms with Crippen molar-refractivity contribution >= 4 is 5.96 Å². The van der Waals surface area contributed by atoms with Crippen LogP contribution in [0.2, 0.25) is 0 Å². The molecule has 1 fully saturated rings. The molecule has 1 aliphatic heterocycles. The average molecular weight is 303 g/mol. The van der Waals surface area contributed by atoms with Gasteiger partial charge in [0.2, 0.25) is 6.79 Å². The Bertz CT molecular complexity index is 565. The summed E-state index contributed by atoms with van der Waals surface area (Å²) < 4.78 is 10.8. The summed E-state index contributed by atoms with van der Waals surface area (Å²) in [7, 11) is 1.82. The Hall–Kier alpha value is -1.91. The zero-order valence-electron chi connectivity index (χ0n) is 13.6. The van der Waals surface area contributed by atoms with Crippen LogP contribution in [0, 0.1) is 5.92 Å². The molecule has 0 atom stereocenters. The first-order chi connectivity index (χ1) is 10.6. The lowest BCUT2D eigenvalue weighted by atomic mass is 9.84. The van der Waals surface area contributed by atoms with Crippen molar-refractivity contribution in [3.63, 3.8) is 0 Å². The maximum absolute atomic E-state index is 5.47. The molecule has 0 radical (unpaired) electrons. The van der Waals surface area contributed by atoms with Gasteiger partial charge in [-0.05, 0) is 36.5 Å². The van der Waals surface area contributed by atoms with Crippen molar-refractivity contribution in [1.82, 2.24) is 10.6 Å². The van der Waals surface area contributed by atoms with Gasteiger partial charge in [0.25, 0.3) is 0 Å². The Kier molecular flexibility index (Phi) is 4.14. The average Bonchev–Trinajstić information content (AvgIpc) is 3.22. The number of ether oxygens (including phenoxy) is 2. The minimum atomic E-state index is -0.0296. The molecule has 1 aliphatic carbocycles. The zero-order valence-corrected chi connectivity index (χ0v) is 13.6. The Morgan fingerprint density at radius 2 is 2.00 bits per heavy atom. The number of aliphatic imine (C=N–C) groups is 1. The van der Waals surface area contributed by atoms with Crippen LogP contribution in [0.25, 0.3) is 0 Å². The van der Waals surface area contributed by atoms with Crippen molar-refractivity contribution in [3.05, 3.63) is 23.8 Å². The van der Waals surface area contributed by atoms with Crippen molar-refractivity contribution < 1.29 is 9.47 Å². The second-order valence-electron chi connectivity index (χ2n) is 6.70. The molecule has 2 aliphatic rings. The summed E-state index contributed by atoms with van der Waals surface area (Å²) in [5.74, 6) is 3.37. The number of nitrogens with zero attached hydrogens (tertiary/aromatic N) is 1. The van der Waals surface area contributed by atoms with Crippen molar-refractivity contribution in [3.8, 4) is 11.5 Å². The van der Waals surface area contributed by atoms with Gasteiger partial charge in [-0.1, -0.05) is 19.9 Å². The zero-order chi connectivity index (χ0) is 15.6. The molecule has 120 valence electrons.